The number of carboxylic acids is 1. The summed E-state index contributed by atoms with van der Waals surface area (Å²) in [5.41, 5.74) is -1.38. The van der Waals surface area contributed by atoms with Gasteiger partial charge in [0, 0.05) is 0 Å². The number of anilines is 1. The Hall–Kier alpha value is -2.36. The maximum Gasteiger partial charge on any atom is 0.422 e. The summed E-state index contributed by atoms with van der Waals surface area (Å²) in [4.78, 5) is 21.9. The summed E-state index contributed by atoms with van der Waals surface area (Å²) < 4.78 is 44.0. The number of halogens is 1. The lowest BCUT2D eigenvalue weighted by molar-refractivity contribution is 0.0693. The number of aromatic carboxylic acids is 1. The third-order valence-corrected chi connectivity index (χ3v) is 2.89. The number of carbonyl (C=O) groups is 2. The molecule has 0 aliphatic rings. The summed E-state index contributed by atoms with van der Waals surface area (Å²) in [7, 11) is -4.43. The lowest BCUT2D eigenvalue weighted by Crippen LogP contribution is -2.36. The molecule has 0 spiro atoms. The molecule has 0 aliphatic heterocycles. The molecule has 3 N–H and O–H groups in total. The van der Waals surface area contributed by atoms with Gasteiger partial charge in [-0.2, -0.15) is 8.42 Å². The van der Waals surface area contributed by atoms with E-state index in [0.29, 0.717) is 0 Å². The highest BCUT2D eigenvalue weighted by Gasteiger charge is 2.21. The van der Waals surface area contributed by atoms with Gasteiger partial charge in [-0.15, -0.1) is 0 Å². The molecule has 0 heterocycles. The van der Waals surface area contributed by atoms with Crippen LogP contribution >= 0.6 is 0 Å². The standard InChI is InChI=1S/C10H11FN2O6S/c1-2-19-10(16)13-20(17,18)12-7-5-3-4-6(11)8(7)9(14)15/h3-5,12H,2H2,1H3,(H,13,16)(H,14,15). The largest absolute Gasteiger partial charge is 0.478 e. The molecule has 1 aromatic rings. The van der Waals surface area contributed by atoms with Crippen molar-refractivity contribution in [2.24, 2.45) is 0 Å². The highest BCUT2D eigenvalue weighted by Crippen LogP contribution is 2.19. The van der Waals surface area contributed by atoms with E-state index < -0.39 is 39.3 Å². The summed E-state index contributed by atoms with van der Waals surface area (Å²) in [5, 5.41) is 8.82. The lowest BCUT2D eigenvalue weighted by atomic mass is 10.2. The van der Waals surface area contributed by atoms with Crippen molar-refractivity contribution < 1.29 is 32.2 Å². The number of nitrogens with one attached hydrogen (secondary N) is 2. The zero-order valence-corrected chi connectivity index (χ0v) is 11.0. The van der Waals surface area contributed by atoms with Crippen LogP contribution in [-0.2, 0) is 14.9 Å². The number of benzene rings is 1. The SMILES string of the molecule is CCOC(=O)NS(=O)(=O)Nc1cccc(F)c1C(=O)O. The third-order valence-electron chi connectivity index (χ3n) is 1.96. The van der Waals surface area contributed by atoms with E-state index in [-0.39, 0.29) is 6.61 Å². The van der Waals surface area contributed by atoms with Crippen LogP contribution in [0.2, 0.25) is 0 Å². The van der Waals surface area contributed by atoms with Gasteiger partial charge in [-0.1, -0.05) is 6.07 Å². The molecular formula is C10H11FN2O6S. The molecular weight excluding hydrogens is 295 g/mol. The van der Waals surface area contributed by atoms with Crippen LogP contribution in [0.3, 0.4) is 0 Å². The second-order valence-electron chi connectivity index (χ2n) is 3.40. The van der Waals surface area contributed by atoms with Gasteiger partial charge in [-0.25, -0.2) is 18.7 Å². The molecule has 0 fully saturated rings. The molecule has 1 amide bonds. The second kappa shape index (κ2) is 6.19. The fraction of sp³-hybridized carbons (Fsp3) is 0.200. The number of hydrogen-bond acceptors (Lipinski definition) is 5. The van der Waals surface area contributed by atoms with Gasteiger partial charge in [0.1, 0.15) is 11.4 Å². The molecule has 10 heteroatoms. The normalized spacial score (nSPS) is 10.7. The summed E-state index contributed by atoms with van der Waals surface area (Å²) in [6.07, 6.45) is -1.24. The van der Waals surface area contributed by atoms with E-state index in [9.17, 15) is 22.4 Å². The first-order valence-electron chi connectivity index (χ1n) is 5.26. The lowest BCUT2D eigenvalue weighted by Gasteiger charge is -2.11. The highest BCUT2D eigenvalue weighted by atomic mass is 32.2. The van der Waals surface area contributed by atoms with E-state index in [4.69, 9.17) is 5.11 Å². The van der Waals surface area contributed by atoms with Crippen molar-refractivity contribution in [2.45, 2.75) is 6.92 Å². The van der Waals surface area contributed by atoms with Crippen LogP contribution in [0, 0.1) is 5.82 Å². The molecule has 110 valence electrons. The molecule has 0 saturated heterocycles. The van der Waals surface area contributed by atoms with Gasteiger partial charge in [0.05, 0.1) is 12.3 Å². The quantitative estimate of drug-likeness (QED) is 0.743. The predicted octanol–water partition coefficient (Wildman–Crippen LogP) is 0.927. The number of amides is 1. The van der Waals surface area contributed by atoms with Crippen molar-refractivity contribution in [1.82, 2.24) is 4.72 Å². The molecule has 1 aromatic carbocycles. The molecule has 20 heavy (non-hydrogen) atoms. The van der Waals surface area contributed by atoms with E-state index in [0.717, 1.165) is 18.2 Å². The minimum Gasteiger partial charge on any atom is -0.478 e. The average molecular weight is 306 g/mol. The molecule has 1 rings (SSSR count). The Morgan fingerprint density at radius 1 is 1.40 bits per heavy atom. The van der Waals surface area contributed by atoms with E-state index in [1.54, 1.807) is 4.72 Å². The van der Waals surface area contributed by atoms with Gasteiger partial charge in [0.15, 0.2) is 0 Å². The highest BCUT2D eigenvalue weighted by molar-refractivity contribution is 7.91. The maximum atomic E-state index is 13.3. The molecule has 0 saturated carbocycles. The van der Waals surface area contributed by atoms with Crippen LogP contribution in [-0.4, -0.2) is 32.2 Å². The molecule has 0 radical (unpaired) electrons. The Kier molecular flexibility index (Phi) is 4.86. The van der Waals surface area contributed by atoms with Crippen molar-refractivity contribution >= 4 is 28.0 Å². The Morgan fingerprint density at radius 3 is 2.60 bits per heavy atom. The molecule has 8 nitrogen and oxygen atoms in total. The minimum atomic E-state index is -4.43. The molecule has 0 unspecified atom stereocenters. The monoisotopic (exact) mass is 306 g/mol. The molecule has 0 atom stereocenters. The summed E-state index contributed by atoms with van der Waals surface area (Å²) in [5.74, 6) is -2.77. The fourth-order valence-corrected chi connectivity index (χ4v) is 2.06. The summed E-state index contributed by atoms with van der Waals surface area (Å²) >= 11 is 0. The zero-order valence-electron chi connectivity index (χ0n) is 10.2. The van der Waals surface area contributed by atoms with Crippen LogP contribution in [0.15, 0.2) is 18.2 Å². The zero-order chi connectivity index (χ0) is 15.3. The first kappa shape index (κ1) is 15.7. The summed E-state index contributed by atoms with van der Waals surface area (Å²) in [6, 6.07) is 3.01. The summed E-state index contributed by atoms with van der Waals surface area (Å²) in [6.45, 7) is 1.41. The van der Waals surface area contributed by atoms with Crippen LogP contribution in [0.25, 0.3) is 0 Å². The Labute approximate surface area is 113 Å². The topological polar surface area (TPSA) is 122 Å². The van der Waals surface area contributed by atoms with Gasteiger partial charge in [0.2, 0.25) is 0 Å². The number of ether oxygens (including phenoxy) is 1. The third kappa shape index (κ3) is 4.09. The van der Waals surface area contributed by atoms with Gasteiger partial charge in [-0.05, 0) is 19.1 Å². The predicted molar refractivity (Wildman–Crippen MR) is 66.1 cm³/mol. The first-order valence-corrected chi connectivity index (χ1v) is 6.74. The fourth-order valence-electron chi connectivity index (χ4n) is 1.27. The number of rotatable bonds is 5. The van der Waals surface area contributed by atoms with Gasteiger partial charge >= 0.3 is 22.3 Å². The van der Waals surface area contributed by atoms with E-state index in [1.807, 2.05) is 0 Å². The molecule has 0 aromatic heterocycles. The van der Waals surface area contributed by atoms with Gasteiger partial charge in [-0.3, -0.25) is 4.72 Å². The van der Waals surface area contributed by atoms with Crippen molar-refractivity contribution in [3.8, 4) is 0 Å². The molecule has 0 bridgehead atoms. The second-order valence-corrected chi connectivity index (χ2v) is 4.81. The van der Waals surface area contributed by atoms with Crippen LogP contribution in [0.5, 0.6) is 0 Å². The number of hydrogen-bond donors (Lipinski definition) is 3. The number of carboxylic acid groups (broad SMARTS) is 1. The van der Waals surface area contributed by atoms with Crippen molar-refractivity contribution in [3.63, 3.8) is 0 Å². The minimum absolute atomic E-state index is 0.0539. The Morgan fingerprint density at radius 2 is 2.05 bits per heavy atom. The van der Waals surface area contributed by atoms with E-state index in [1.165, 1.54) is 11.6 Å². The average Bonchev–Trinajstić information content (AvgIpc) is 2.26. The van der Waals surface area contributed by atoms with E-state index in [2.05, 4.69) is 4.74 Å². The Balaban J connectivity index is 3.01. The van der Waals surface area contributed by atoms with Gasteiger partial charge < -0.3 is 9.84 Å². The van der Waals surface area contributed by atoms with Crippen LogP contribution in [0.1, 0.15) is 17.3 Å². The number of carbonyl (C=O) groups excluding carboxylic acids is 1. The van der Waals surface area contributed by atoms with Crippen molar-refractivity contribution in [3.05, 3.63) is 29.6 Å². The smallest absolute Gasteiger partial charge is 0.422 e. The van der Waals surface area contributed by atoms with Crippen LogP contribution in [0.4, 0.5) is 14.9 Å². The van der Waals surface area contributed by atoms with Gasteiger partial charge in [0.25, 0.3) is 0 Å². The first-order chi connectivity index (χ1) is 9.26. The van der Waals surface area contributed by atoms with E-state index >= 15 is 0 Å². The van der Waals surface area contributed by atoms with Crippen LogP contribution < -0.4 is 9.44 Å². The Bertz CT molecular complexity index is 631. The molecule has 0 aliphatic carbocycles. The maximum absolute atomic E-state index is 13.3. The van der Waals surface area contributed by atoms with Crippen molar-refractivity contribution in [1.29, 1.82) is 0 Å². The van der Waals surface area contributed by atoms with Crippen molar-refractivity contribution in [2.75, 3.05) is 11.3 Å².